The molecule has 0 aliphatic carbocycles. The maximum Gasteiger partial charge on any atom is 0.255 e. The van der Waals surface area contributed by atoms with Gasteiger partial charge < -0.3 is 29.3 Å². The van der Waals surface area contributed by atoms with Gasteiger partial charge in [-0.25, -0.2) is 4.98 Å². The molecular weight excluding hydrogens is 629 g/mol. The van der Waals surface area contributed by atoms with Crippen LogP contribution in [-0.4, -0.2) is 79.6 Å². The van der Waals surface area contributed by atoms with E-state index in [0.717, 1.165) is 36.8 Å². The van der Waals surface area contributed by atoms with Crippen LogP contribution in [0.15, 0.2) is 79.0 Å². The molecule has 0 saturated carbocycles. The zero-order chi connectivity index (χ0) is 32.0. The molecule has 2 aliphatic heterocycles. The van der Waals surface area contributed by atoms with E-state index in [2.05, 4.69) is 21.3 Å². The Hall–Kier alpha value is -4.51. The highest BCUT2D eigenvalue weighted by molar-refractivity contribution is 6.42. The monoisotopic (exact) mass is 661 g/mol. The second kappa shape index (κ2) is 14.3. The number of anilines is 2. The molecule has 1 saturated heterocycles. The smallest absolute Gasteiger partial charge is 0.255 e. The molecule has 3 heterocycles. The van der Waals surface area contributed by atoms with Gasteiger partial charge in [0.05, 0.1) is 28.5 Å². The molecule has 0 radical (unpaired) electrons. The number of nitrogens with zero attached hydrogens (tertiary/aromatic N) is 4. The first-order valence-electron chi connectivity index (χ1n) is 14.9. The van der Waals surface area contributed by atoms with Gasteiger partial charge in [-0.1, -0.05) is 29.3 Å². The third-order valence-electron chi connectivity index (χ3n) is 7.79. The van der Waals surface area contributed by atoms with E-state index in [-0.39, 0.29) is 18.4 Å². The molecule has 3 aromatic carbocycles. The van der Waals surface area contributed by atoms with Crippen molar-refractivity contribution in [1.29, 1.82) is 0 Å². The molecule has 238 valence electrons. The van der Waals surface area contributed by atoms with Gasteiger partial charge in [-0.05, 0) is 66.2 Å². The summed E-state index contributed by atoms with van der Waals surface area (Å²) < 4.78 is 17.2. The van der Waals surface area contributed by atoms with E-state index in [1.54, 1.807) is 24.3 Å². The molecular formula is C34H33Cl2N5O5. The van der Waals surface area contributed by atoms with Crippen LogP contribution in [0, 0.1) is 0 Å². The molecule has 0 bridgehead atoms. The Balaban J connectivity index is 0.948. The second-order valence-electron chi connectivity index (χ2n) is 11.1. The van der Waals surface area contributed by atoms with E-state index < -0.39 is 0 Å². The molecule has 2 amide bonds. The number of nitrogens with one attached hydrogen (secondary N) is 1. The Morgan fingerprint density at radius 2 is 1.65 bits per heavy atom. The normalized spacial score (nSPS) is 14.5. The van der Waals surface area contributed by atoms with Crippen LogP contribution in [0.5, 0.6) is 23.1 Å². The van der Waals surface area contributed by atoms with E-state index in [9.17, 15) is 9.59 Å². The Morgan fingerprint density at radius 3 is 2.37 bits per heavy atom. The minimum absolute atomic E-state index is 0.0948. The lowest BCUT2D eigenvalue weighted by Gasteiger charge is -2.35. The van der Waals surface area contributed by atoms with Crippen molar-refractivity contribution in [2.24, 2.45) is 0 Å². The number of carbonyl (C=O) groups is 2. The predicted octanol–water partition coefficient (Wildman–Crippen LogP) is 5.98. The summed E-state index contributed by atoms with van der Waals surface area (Å²) >= 11 is 11.9. The molecule has 12 heteroatoms. The third-order valence-corrected chi connectivity index (χ3v) is 8.53. The minimum Gasteiger partial charge on any atom is -0.486 e. The zero-order valence-corrected chi connectivity index (χ0v) is 26.8. The van der Waals surface area contributed by atoms with Gasteiger partial charge >= 0.3 is 0 Å². The molecule has 2 aliphatic rings. The molecule has 6 rings (SSSR count). The number of carbonyl (C=O) groups excluding carboxylic acids is 2. The van der Waals surface area contributed by atoms with Gasteiger partial charge in [0, 0.05) is 57.1 Å². The number of ether oxygens (including phenoxy) is 3. The second-order valence-corrected chi connectivity index (χ2v) is 11.9. The van der Waals surface area contributed by atoms with Crippen LogP contribution in [0.1, 0.15) is 15.9 Å². The summed E-state index contributed by atoms with van der Waals surface area (Å²) in [4.78, 5) is 36.1. The highest BCUT2D eigenvalue weighted by Gasteiger charge is 2.23. The number of hydrogen-bond acceptors (Lipinski definition) is 8. The topological polar surface area (TPSA) is 96.5 Å². The van der Waals surface area contributed by atoms with E-state index in [0.29, 0.717) is 59.2 Å². The van der Waals surface area contributed by atoms with Crippen molar-refractivity contribution in [1.82, 2.24) is 14.8 Å². The molecule has 0 unspecified atom stereocenters. The summed E-state index contributed by atoms with van der Waals surface area (Å²) in [5.74, 6) is 2.33. The van der Waals surface area contributed by atoms with Crippen LogP contribution in [0.25, 0.3) is 0 Å². The number of likely N-dealkylation sites (N-methyl/N-ethyl adjacent to an activating group) is 1. The lowest BCUT2D eigenvalue weighted by molar-refractivity contribution is -0.131. The van der Waals surface area contributed by atoms with Crippen LogP contribution in [0.4, 0.5) is 11.4 Å². The summed E-state index contributed by atoms with van der Waals surface area (Å²) in [5, 5.41) is 3.45. The summed E-state index contributed by atoms with van der Waals surface area (Å²) in [6.07, 6.45) is 1.51. The quantitative estimate of drug-likeness (QED) is 0.234. The maximum atomic E-state index is 13.1. The molecule has 0 spiro atoms. The van der Waals surface area contributed by atoms with Crippen molar-refractivity contribution in [3.63, 3.8) is 0 Å². The first-order valence-corrected chi connectivity index (χ1v) is 15.7. The van der Waals surface area contributed by atoms with E-state index in [4.69, 9.17) is 37.4 Å². The lowest BCUT2D eigenvalue weighted by atomic mass is 10.1. The minimum atomic E-state index is -0.331. The van der Waals surface area contributed by atoms with Gasteiger partial charge in [0.15, 0.2) is 11.5 Å². The number of hydrogen-bond donors (Lipinski definition) is 1. The Kier molecular flexibility index (Phi) is 9.77. The Morgan fingerprint density at radius 1 is 0.891 bits per heavy atom. The van der Waals surface area contributed by atoms with Gasteiger partial charge in [-0.2, -0.15) is 0 Å². The van der Waals surface area contributed by atoms with Crippen molar-refractivity contribution in [2.45, 2.75) is 6.54 Å². The average Bonchev–Trinajstić information content (AvgIpc) is 3.07. The van der Waals surface area contributed by atoms with Crippen LogP contribution in [0.3, 0.4) is 0 Å². The summed E-state index contributed by atoms with van der Waals surface area (Å²) in [7, 11) is 1.90. The van der Waals surface area contributed by atoms with E-state index in [1.807, 2.05) is 53.2 Å². The standard InChI is InChI=1S/C34H33Cl2N5O5/c1-39(22-33(42)41-14-12-40(13-15-41)21-23-2-10-30-31(18-23)45-17-16-44-30)26-5-7-27(8-6-26)46-32-11-4-25(20-37-32)38-34(43)24-3-9-28(35)29(36)19-24/h2-11,18-20H,12-17,21-22H2,1H3,(H,38,43). The number of fused-ring (bicyclic) bond motifs is 1. The van der Waals surface area contributed by atoms with Gasteiger partial charge in [0.2, 0.25) is 11.8 Å². The number of piperazine rings is 1. The molecule has 4 aromatic rings. The van der Waals surface area contributed by atoms with Gasteiger partial charge in [0.1, 0.15) is 19.0 Å². The maximum absolute atomic E-state index is 13.1. The summed E-state index contributed by atoms with van der Waals surface area (Å²) in [6.45, 7) is 5.25. The molecule has 10 nitrogen and oxygen atoms in total. The largest absolute Gasteiger partial charge is 0.486 e. The van der Waals surface area contributed by atoms with Crippen molar-refractivity contribution < 1.29 is 23.8 Å². The van der Waals surface area contributed by atoms with Gasteiger partial charge in [-0.15, -0.1) is 0 Å². The third kappa shape index (κ3) is 7.82. The van der Waals surface area contributed by atoms with Gasteiger partial charge in [-0.3, -0.25) is 14.5 Å². The summed E-state index contributed by atoms with van der Waals surface area (Å²) in [6, 6.07) is 21.6. The highest BCUT2D eigenvalue weighted by atomic mass is 35.5. The van der Waals surface area contributed by atoms with Crippen LogP contribution in [-0.2, 0) is 11.3 Å². The average molecular weight is 663 g/mol. The SMILES string of the molecule is CN(CC(=O)N1CCN(Cc2ccc3c(c2)OCCO3)CC1)c1ccc(Oc2ccc(NC(=O)c3ccc(Cl)c(Cl)c3)cn2)cc1. The van der Waals surface area contributed by atoms with Crippen LogP contribution < -0.4 is 24.4 Å². The van der Waals surface area contributed by atoms with Crippen LogP contribution >= 0.6 is 23.2 Å². The predicted molar refractivity (Wildman–Crippen MR) is 178 cm³/mol. The molecule has 1 N–H and O–H groups in total. The van der Waals surface area contributed by atoms with E-state index >= 15 is 0 Å². The molecule has 46 heavy (non-hydrogen) atoms. The van der Waals surface area contributed by atoms with Crippen molar-refractivity contribution in [3.8, 4) is 23.1 Å². The zero-order valence-electron chi connectivity index (χ0n) is 25.2. The fourth-order valence-electron chi connectivity index (χ4n) is 5.24. The van der Waals surface area contributed by atoms with Crippen molar-refractivity contribution in [2.75, 3.05) is 63.2 Å². The molecule has 0 atom stereocenters. The molecule has 1 aromatic heterocycles. The highest BCUT2D eigenvalue weighted by Crippen LogP contribution is 2.31. The Bertz CT molecular complexity index is 1700. The van der Waals surface area contributed by atoms with Crippen molar-refractivity contribution >= 4 is 46.4 Å². The number of amides is 2. The first-order chi connectivity index (χ1) is 22.3. The Labute approximate surface area is 277 Å². The van der Waals surface area contributed by atoms with Crippen molar-refractivity contribution in [3.05, 3.63) is 100 Å². The lowest BCUT2D eigenvalue weighted by Crippen LogP contribution is -2.50. The van der Waals surface area contributed by atoms with E-state index in [1.165, 1.54) is 17.8 Å². The fourth-order valence-corrected chi connectivity index (χ4v) is 5.54. The number of halogens is 2. The summed E-state index contributed by atoms with van der Waals surface area (Å²) in [5.41, 5.74) is 2.96. The van der Waals surface area contributed by atoms with Crippen LogP contribution in [0.2, 0.25) is 10.0 Å². The molecule has 1 fully saturated rings. The number of pyridine rings is 1. The number of benzene rings is 3. The number of aromatic nitrogens is 1. The first kappa shape index (κ1) is 31.5. The number of rotatable bonds is 9. The van der Waals surface area contributed by atoms with Gasteiger partial charge in [0.25, 0.3) is 5.91 Å². The fraction of sp³-hybridized carbons (Fsp3) is 0.265.